The normalized spacial score (nSPS) is 10.8. The number of amides is 1. The van der Waals surface area contributed by atoms with Crippen molar-refractivity contribution in [1.29, 1.82) is 0 Å². The monoisotopic (exact) mass is 361 g/mol. The number of carbonyl (C=O) groups is 1. The fourth-order valence-electron chi connectivity index (χ4n) is 2.40. The maximum absolute atomic E-state index is 12.3. The topological polar surface area (TPSA) is 56.8 Å². The van der Waals surface area contributed by atoms with E-state index in [0.29, 0.717) is 21.3 Å². The molecule has 0 aliphatic heterocycles. The second-order valence-corrected chi connectivity index (χ2v) is 6.10. The number of nitrogens with zero attached hydrogens (tertiary/aromatic N) is 4. The van der Waals surface area contributed by atoms with Crippen LogP contribution < -0.4 is 5.32 Å². The van der Waals surface area contributed by atoms with E-state index in [9.17, 15) is 4.79 Å². The van der Waals surface area contributed by atoms with E-state index < -0.39 is 0 Å². The van der Waals surface area contributed by atoms with Gasteiger partial charge in [-0.2, -0.15) is 5.10 Å². The molecular weight excluding hydrogens is 346 g/mol. The molecule has 3 rings (SSSR count). The first-order valence-electron chi connectivity index (χ1n) is 7.32. The van der Waals surface area contributed by atoms with Crippen LogP contribution in [0.25, 0.3) is 0 Å². The molecule has 2 aromatic heterocycles. The molecule has 0 fully saturated rings. The van der Waals surface area contributed by atoms with Crippen LogP contribution >= 0.6 is 23.8 Å². The summed E-state index contributed by atoms with van der Waals surface area (Å²) in [6.45, 7) is 3.72. The fraction of sp³-hybridized carbons (Fsp3) is 0.188. The van der Waals surface area contributed by atoms with Crippen LogP contribution in [0.4, 0.5) is 5.69 Å². The number of hydrogen-bond acceptors (Lipinski definition) is 3. The van der Waals surface area contributed by atoms with Gasteiger partial charge in [-0.1, -0.05) is 17.7 Å². The highest BCUT2D eigenvalue weighted by Crippen LogP contribution is 2.22. The fourth-order valence-corrected chi connectivity index (χ4v) is 2.91. The number of aromatic nitrogens is 4. The van der Waals surface area contributed by atoms with E-state index in [4.69, 9.17) is 23.8 Å². The number of nitrogens with one attached hydrogen (secondary N) is 1. The Morgan fingerprint density at radius 1 is 1.25 bits per heavy atom. The summed E-state index contributed by atoms with van der Waals surface area (Å²) in [5.74, 6) is 0.483. The number of halogens is 1. The number of rotatable bonds is 4. The lowest BCUT2D eigenvalue weighted by Crippen LogP contribution is -2.20. The SMILES string of the molecule is Cc1c(Cl)cccc1NC(=O)Cn1nc(C)n(-n2cccc2)c1=S. The van der Waals surface area contributed by atoms with Gasteiger partial charge in [0.15, 0.2) is 0 Å². The largest absolute Gasteiger partial charge is 0.324 e. The zero-order valence-electron chi connectivity index (χ0n) is 13.2. The van der Waals surface area contributed by atoms with Crippen molar-refractivity contribution < 1.29 is 4.79 Å². The molecule has 0 saturated carbocycles. The molecule has 2 heterocycles. The van der Waals surface area contributed by atoms with Crippen molar-refractivity contribution in [3.8, 4) is 0 Å². The lowest BCUT2D eigenvalue weighted by molar-refractivity contribution is -0.116. The number of aryl methyl sites for hydroxylation is 1. The maximum atomic E-state index is 12.3. The minimum Gasteiger partial charge on any atom is -0.324 e. The van der Waals surface area contributed by atoms with E-state index in [-0.39, 0.29) is 12.5 Å². The van der Waals surface area contributed by atoms with Gasteiger partial charge in [0.2, 0.25) is 10.7 Å². The highest BCUT2D eigenvalue weighted by atomic mass is 35.5. The van der Waals surface area contributed by atoms with Gasteiger partial charge in [0.1, 0.15) is 12.4 Å². The van der Waals surface area contributed by atoms with Crippen LogP contribution in [0, 0.1) is 18.6 Å². The summed E-state index contributed by atoms with van der Waals surface area (Å²) in [7, 11) is 0. The molecule has 0 bridgehead atoms. The number of carbonyl (C=O) groups excluding carboxylic acids is 1. The van der Waals surface area contributed by atoms with E-state index >= 15 is 0 Å². The molecule has 0 spiro atoms. The lowest BCUT2D eigenvalue weighted by atomic mass is 10.2. The van der Waals surface area contributed by atoms with Gasteiger partial charge in [-0.05, 0) is 55.9 Å². The predicted octanol–water partition coefficient (Wildman–Crippen LogP) is 3.44. The van der Waals surface area contributed by atoms with E-state index in [0.717, 1.165) is 5.56 Å². The third-order valence-corrected chi connectivity index (χ3v) is 4.42. The second kappa shape index (κ2) is 6.62. The molecule has 1 amide bonds. The number of hydrogen-bond donors (Lipinski definition) is 1. The van der Waals surface area contributed by atoms with E-state index in [1.807, 2.05) is 49.1 Å². The van der Waals surface area contributed by atoms with E-state index in [2.05, 4.69) is 10.4 Å². The molecule has 124 valence electrons. The van der Waals surface area contributed by atoms with Crippen LogP contribution in [0.5, 0.6) is 0 Å². The molecule has 24 heavy (non-hydrogen) atoms. The van der Waals surface area contributed by atoms with Gasteiger partial charge in [-0.15, -0.1) is 0 Å². The van der Waals surface area contributed by atoms with Crippen molar-refractivity contribution in [2.45, 2.75) is 20.4 Å². The van der Waals surface area contributed by atoms with Crippen molar-refractivity contribution in [2.24, 2.45) is 0 Å². The predicted molar refractivity (Wildman–Crippen MR) is 95.8 cm³/mol. The van der Waals surface area contributed by atoms with Gasteiger partial charge in [0, 0.05) is 23.1 Å². The van der Waals surface area contributed by atoms with Crippen molar-refractivity contribution in [3.05, 3.63) is 63.9 Å². The van der Waals surface area contributed by atoms with Crippen molar-refractivity contribution >= 4 is 35.4 Å². The Hall–Kier alpha value is -2.38. The molecule has 0 saturated heterocycles. The summed E-state index contributed by atoms with van der Waals surface area (Å²) in [6.07, 6.45) is 3.73. The van der Waals surface area contributed by atoms with Gasteiger partial charge in [-0.3, -0.25) is 9.47 Å². The maximum Gasteiger partial charge on any atom is 0.246 e. The quantitative estimate of drug-likeness (QED) is 0.724. The van der Waals surface area contributed by atoms with Crippen molar-refractivity contribution in [3.63, 3.8) is 0 Å². The second-order valence-electron chi connectivity index (χ2n) is 5.32. The van der Waals surface area contributed by atoms with Gasteiger partial charge >= 0.3 is 0 Å². The molecule has 0 aliphatic rings. The summed E-state index contributed by atoms with van der Waals surface area (Å²) in [6, 6.07) is 9.18. The first-order chi connectivity index (χ1) is 11.5. The van der Waals surface area contributed by atoms with Gasteiger partial charge in [0.05, 0.1) is 0 Å². The molecule has 0 aliphatic carbocycles. The third kappa shape index (κ3) is 3.13. The average molecular weight is 362 g/mol. The first-order valence-corrected chi connectivity index (χ1v) is 8.11. The van der Waals surface area contributed by atoms with Crippen LogP contribution in [0.3, 0.4) is 0 Å². The summed E-state index contributed by atoms with van der Waals surface area (Å²) < 4.78 is 5.52. The van der Waals surface area contributed by atoms with Crippen molar-refractivity contribution in [2.75, 3.05) is 5.32 Å². The van der Waals surface area contributed by atoms with Crippen LogP contribution in [-0.2, 0) is 11.3 Å². The Morgan fingerprint density at radius 2 is 1.96 bits per heavy atom. The average Bonchev–Trinajstić information content (AvgIpc) is 3.13. The summed E-state index contributed by atoms with van der Waals surface area (Å²) in [4.78, 5) is 12.3. The molecule has 6 nitrogen and oxygen atoms in total. The Balaban J connectivity index is 1.82. The van der Waals surface area contributed by atoms with Gasteiger partial charge in [-0.25, -0.2) is 9.36 Å². The number of benzene rings is 1. The Kier molecular flexibility index (Phi) is 4.55. The summed E-state index contributed by atoms with van der Waals surface area (Å²) in [5, 5.41) is 7.81. The molecule has 0 radical (unpaired) electrons. The van der Waals surface area contributed by atoms with E-state index in [1.54, 1.807) is 16.8 Å². The Bertz CT molecular complexity index is 942. The molecule has 0 atom stereocenters. The minimum atomic E-state index is -0.214. The van der Waals surface area contributed by atoms with Crippen molar-refractivity contribution in [1.82, 2.24) is 19.1 Å². The van der Waals surface area contributed by atoms with Gasteiger partial charge in [0.25, 0.3) is 0 Å². The minimum absolute atomic E-state index is 0.0277. The highest BCUT2D eigenvalue weighted by Gasteiger charge is 2.12. The molecule has 1 N–H and O–H groups in total. The van der Waals surface area contributed by atoms with Crippen LogP contribution in [0.1, 0.15) is 11.4 Å². The molecular formula is C16H16ClN5OS. The van der Waals surface area contributed by atoms with Crippen LogP contribution in [0.15, 0.2) is 42.7 Å². The molecule has 1 aromatic carbocycles. The number of anilines is 1. The molecule has 3 aromatic rings. The highest BCUT2D eigenvalue weighted by molar-refractivity contribution is 7.71. The zero-order valence-corrected chi connectivity index (χ0v) is 14.8. The molecule has 8 heteroatoms. The Morgan fingerprint density at radius 3 is 2.67 bits per heavy atom. The Labute approximate surface area is 149 Å². The van der Waals surface area contributed by atoms with Gasteiger partial charge < -0.3 is 5.32 Å². The zero-order chi connectivity index (χ0) is 17.3. The van der Waals surface area contributed by atoms with E-state index in [1.165, 1.54) is 4.68 Å². The van der Waals surface area contributed by atoms with Crippen LogP contribution in [0.2, 0.25) is 5.02 Å². The smallest absolute Gasteiger partial charge is 0.246 e. The molecule has 0 unspecified atom stereocenters. The first kappa shape index (κ1) is 16.5. The standard InChI is InChI=1S/C16H16ClN5OS/c1-11-13(17)6-5-7-14(11)18-15(23)10-21-16(24)22(12(2)19-21)20-8-3-4-9-20/h3-9H,10H2,1-2H3,(H,18,23). The van der Waals surface area contributed by atoms with Crippen LogP contribution in [-0.4, -0.2) is 25.0 Å². The lowest BCUT2D eigenvalue weighted by Gasteiger charge is -2.09. The third-order valence-electron chi connectivity index (χ3n) is 3.63. The summed E-state index contributed by atoms with van der Waals surface area (Å²) in [5.41, 5.74) is 1.51. The summed E-state index contributed by atoms with van der Waals surface area (Å²) >= 11 is 11.5.